The monoisotopic (exact) mass is 239 g/mol. The lowest BCUT2D eigenvalue weighted by atomic mass is 10.1. The maximum atomic E-state index is 12.1. The highest BCUT2D eigenvalue weighted by Crippen LogP contribution is 2.13. The number of carboxylic acids is 1. The molecule has 0 aromatic carbocycles. The number of carboxylic acid groups (broad SMARTS) is 1. The first-order valence-electron chi connectivity index (χ1n) is 5.53. The van der Waals surface area contributed by atoms with Crippen LogP contribution in [-0.4, -0.2) is 34.5 Å². The Bertz CT molecular complexity index is 410. The van der Waals surface area contributed by atoms with Crippen LogP contribution < -0.4 is 0 Å². The van der Waals surface area contributed by atoms with Crippen molar-refractivity contribution in [1.29, 1.82) is 0 Å². The van der Waals surface area contributed by atoms with Gasteiger partial charge in [0.2, 0.25) is 0 Å². The second-order valence-electron chi connectivity index (χ2n) is 3.98. The van der Waals surface area contributed by atoms with Gasteiger partial charge in [0.15, 0.2) is 0 Å². The zero-order valence-corrected chi connectivity index (χ0v) is 10.3. The van der Waals surface area contributed by atoms with Crippen molar-refractivity contribution in [3.8, 4) is 0 Å². The van der Waals surface area contributed by atoms with Gasteiger partial charge in [-0.25, -0.2) is 0 Å². The Kier molecular flexibility index (Phi) is 4.31. The lowest BCUT2D eigenvalue weighted by Gasteiger charge is -2.26. The number of rotatable bonds is 5. The molecule has 94 valence electrons. The SMILES string of the molecule is CCN(C(=O)c1coc(C)c1)C(C)CC(=O)O. The molecule has 5 nitrogen and oxygen atoms in total. The Balaban J connectivity index is 2.80. The minimum Gasteiger partial charge on any atom is -0.481 e. The first-order chi connectivity index (χ1) is 7.95. The van der Waals surface area contributed by atoms with Crippen LogP contribution in [0.5, 0.6) is 0 Å². The standard InChI is InChI=1S/C12H17NO4/c1-4-13(8(2)5-11(14)15)12(16)10-6-9(3)17-7-10/h6-8H,4-5H2,1-3H3,(H,14,15). The first-order valence-corrected chi connectivity index (χ1v) is 5.53. The molecular weight excluding hydrogens is 222 g/mol. The minimum absolute atomic E-state index is 0.0591. The molecule has 0 aliphatic rings. The molecule has 0 aliphatic carbocycles. The maximum absolute atomic E-state index is 12.1. The van der Waals surface area contributed by atoms with Crippen molar-refractivity contribution in [3.63, 3.8) is 0 Å². The molecular formula is C12H17NO4. The van der Waals surface area contributed by atoms with E-state index in [-0.39, 0.29) is 18.4 Å². The summed E-state index contributed by atoms with van der Waals surface area (Å²) < 4.78 is 5.08. The fraction of sp³-hybridized carbons (Fsp3) is 0.500. The number of hydrogen-bond donors (Lipinski definition) is 1. The van der Waals surface area contributed by atoms with E-state index >= 15 is 0 Å². The van der Waals surface area contributed by atoms with E-state index in [4.69, 9.17) is 9.52 Å². The third kappa shape index (κ3) is 3.34. The van der Waals surface area contributed by atoms with Gasteiger partial charge in [-0.2, -0.15) is 0 Å². The van der Waals surface area contributed by atoms with E-state index in [9.17, 15) is 9.59 Å². The summed E-state index contributed by atoms with van der Waals surface area (Å²) in [4.78, 5) is 24.2. The van der Waals surface area contributed by atoms with E-state index in [2.05, 4.69) is 0 Å². The fourth-order valence-corrected chi connectivity index (χ4v) is 1.74. The number of hydrogen-bond acceptors (Lipinski definition) is 3. The molecule has 0 saturated heterocycles. The molecule has 1 amide bonds. The summed E-state index contributed by atoms with van der Waals surface area (Å²) >= 11 is 0. The van der Waals surface area contributed by atoms with Crippen molar-refractivity contribution in [3.05, 3.63) is 23.7 Å². The maximum Gasteiger partial charge on any atom is 0.305 e. The predicted octanol–water partition coefficient (Wildman–Crippen LogP) is 1.91. The van der Waals surface area contributed by atoms with Crippen LogP contribution in [0.3, 0.4) is 0 Å². The van der Waals surface area contributed by atoms with Gasteiger partial charge in [0.25, 0.3) is 5.91 Å². The second-order valence-corrected chi connectivity index (χ2v) is 3.98. The zero-order valence-electron chi connectivity index (χ0n) is 10.3. The van der Waals surface area contributed by atoms with Crippen molar-refractivity contribution < 1.29 is 19.1 Å². The van der Waals surface area contributed by atoms with Gasteiger partial charge in [0, 0.05) is 12.6 Å². The third-order valence-electron chi connectivity index (χ3n) is 2.58. The molecule has 1 aromatic rings. The molecule has 1 rings (SSSR count). The number of aryl methyl sites for hydroxylation is 1. The number of carbonyl (C=O) groups is 2. The minimum atomic E-state index is -0.910. The van der Waals surface area contributed by atoms with Crippen LogP contribution in [0.1, 0.15) is 36.4 Å². The number of nitrogens with zero attached hydrogens (tertiary/aromatic N) is 1. The number of aliphatic carboxylic acids is 1. The van der Waals surface area contributed by atoms with Crippen LogP contribution in [0.4, 0.5) is 0 Å². The van der Waals surface area contributed by atoms with Gasteiger partial charge in [0.05, 0.1) is 12.0 Å². The highest BCUT2D eigenvalue weighted by molar-refractivity contribution is 5.94. The molecule has 0 aliphatic heterocycles. The Hall–Kier alpha value is -1.78. The molecule has 5 heteroatoms. The lowest BCUT2D eigenvalue weighted by molar-refractivity contribution is -0.138. The van der Waals surface area contributed by atoms with E-state index in [1.54, 1.807) is 19.9 Å². The number of carbonyl (C=O) groups excluding carboxylic acids is 1. The van der Waals surface area contributed by atoms with Gasteiger partial charge in [-0.05, 0) is 26.8 Å². The molecule has 0 bridgehead atoms. The van der Waals surface area contributed by atoms with Crippen molar-refractivity contribution in [2.24, 2.45) is 0 Å². The first kappa shape index (κ1) is 13.3. The summed E-state index contributed by atoms with van der Waals surface area (Å²) in [5.74, 6) is -0.444. The summed E-state index contributed by atoms with van der Waals surface area (Å²) in [7, 11) is 0. The average molecular weight is 239 g/mol. The Morgan fingerprint density at radius 2 is 2.18 bits per heavy atom. The molecule has 1 atom stereocenters. The van der Waals surface area contributed by atoms with E-state index < -0.39 is 5.97 Å². The molecule has 0 spiro atoms. The van der Waals surface area contributed by atoms with E-state index in [0.29, 0.717) is 17.9 Å². The predicted molar refractivity (Wildman–Crippen MR) is 61.9 cm³/mol. The van der Waals surface area contributed by atoms with Crippen molar-refractivity contribution in [1.82, 2.24) is 4.90 Å². The third-order valence-corrected chi connectivity index (χ3v) is 2.58. The van der Waals surface area contributed by atoms with Crippen molar-refractivity contribution >= 4 is 11.9 Å². The van der Waals surface area contributed by atoms with E-state index in [0.717, 1.165) is 0 Å². The van der Waals surface area contributed by atoms with Crippen LogP contribution in [0.2, 0.25) is 0 Å². The average Bonchev–Trinajstić information content (AvgIpc) is 2.64. The fourth-order valence-electron chi connectivity index (χ4n) is 1.74. The summed E-state index contributed by atoms with van der Waals surface area (Å²) in [6.45, 7) is 5.77. The summed E-state index contributed by atoms with van der Waals surface area (Å²) in [5.41, 5.74) is 0.460. The summed E-state index contributed by atoms with van der Waals surface area (Å²) in [6.07, 6.45) is 1.34. The van der Waals surface area contributed by atoms with Gasteiger partial charge in [-0.15, -0.1) is 0 Å². The van der Waals surface area contributed by atoms with Gasteiger partial charge < -0.3 is 14.4 Å². The van der Waals surface area contributed by atoms with Gasteiger partial charge >= 0.3 is 5.97 Å². The number of furan rings is 1. The smallest absolute Gasteiger partial charge is 0.305 e. The quantitative estimate of drug-likeness (QED) is 0.852. The molecule has 1 heterocycles. The number of amides is 1. The highest BCUT2D eigenvalue weighted by atomic mass is 16.4. The van der Waals surface area contributed by atoms with Gasteiger partial charge in [-0.1, -0.05) is 0 Å². The van der Waals surface area contributed by atoms with Crippen LogP contribution in [-0.2, 0) is 4.79 Å². The Labute approximate surface area is 100 Å². The topological polar surface area (TPSA) is 70.8 Å². The second kappa shape index (κ2) is 5.52. The molecule has 0 fully saturated rings. The Morgan fingerprint density at radius 1 is 1.53 bits per heavy atom. The van der Waals surface area contributed by atoms with Crippen LogP contribution in [0, 0.1) is 6.92 Å². The van der Waals surface area contributed by atoms with Crippen molar-refractivity contribution in [2.75, 3.05) is 6.54 Å². The van der Waals surface area contributed by atoms with Crippen LogP contribution in [0.15, 0.2) is 16.7 Å². The Morgan fingerprint density at radius 3 is 2.59 bits per heavy atom. The molecule has 1 N–H and O–H groups in total. The molecule has 0 saturated carbocycles. The van der Waals surface area contributed by atoms with Gasteiger partial charge in [-0.3, -0.25) is 9.59 Å². The van der Waals surface area contributed by atoms with E-state index in [1.807, 2.05) is 6.92 Å². The highest BCUT2D eigenvalue weighted by Gasteiger charge is 2.22. The molecule has 1 unspecified atom stereocenters. The molecule has 1 aromatic heterocycles. The molecule has 17 heavy (non-hydrogen) atoms. The van der Waals surface area contributed by atoms with E-state index in [1.165, 1.54) is 11.2 Å². The normalized spacial score (nSPS) is 12.2. The zero-order chi connectivity index (χ0) is 13.0. The summed E-state index contributed by atoms with van der Waals surface area (Å²) in [6, 6.07) is 1.32. The van der Waals surface area contributed by atoms with Crippen LogP contribution >= 0.6 is 0 Å². The van der Waals surface area contributed by atoms with Crippen molar-refractivity contribution in [2.45, 2.75) is 33.2 Å². The summed E-state index contributed by atoms with van der Waals surface area (Å²) in [5, 5.41) is 8.73. The largest absolute Gasteiger partial charge is 0.481 e. The lowest BCUT2D eigenvalue weighted by Crippen LogP contribution is -2.39. The van der Waals surface area contributed by atoms with Gasteiger partial charge in [0.1, 0.15) is 12.0 Å². The molecule has 0 radical (unpaired) electrons. The van der Waals surface area contributed by atoms with Crippen LogP contribution in [0.25, 0.3) is 0 Å².